The van der Waals surface area contributed by atoms with Crippen LogP contribution in [-0.4, -0.2) is 56.6 Å². The molecule has 1 amide bonds. The summed E-state index contributed by atoms with van der Waals surface area (Å²) in [6.45, 7) is 6.17. The third-order valence-electron chi connectivity index (χ3n) is 4.90. The lowest BCUT2D eigenvalue weighted by molar-refractivity contribution is 0.0323. The smallest absolute Gasteiger partial charge is 0.251 e. The first-order valence-corrected chi connectivity index (χ1v) is 10.8. The van der Waals surface area contributed by atoms with Crippen LogP contribution < -0.4 is 5.32 Å². The summed E-state index contributed by atoms with van der Waals surface area (Å²) in [6, 6.07) is 7.93. The topological polar surface area (TPSA) is 109 Å². The molecule has 9 heteroatoms. The number of hydrogen-bond acceptors (Lipinski definition) is 6. The van der Waals surface area contributed by atoms with E-state index in [-0.39, 0.29) is 30.1 Å². The molecule has 0 radical (unpaired) electrons. The molecule has 158 valence electrons. The number of nitrogens with zero attached hydrogens (tertiary/aromatic N) is 1. The van der Waals surface area contributed by atoms with E-state index in [4.69, 9.17) is 9.15 Å². The second-order valence-corrected chi connectivity index (χ2v) is 9.27. The largest absolute Gasteiger partial charge is 0.463 e. The van der Waals surface area contributed by atoms with Crippen molar-refractivity contribution >= 4 is 15.9 Å². The number of hydrogen-bond donors (Lipinski definition) is 2. The van der Waals surface area contributed by atoms with Crippen LogP contribution in [0, 0.1) is 13.8 Å². The average molecular weight is 423 g/mol. The number of nitrogens with one attached hydrogen (secondary N) is 1. The number of carbonyl (C=O) groups excluding carboxylic acids is 1. The van der Waals surface area contributed by atoms with E-state index in [9.17, 15) is 18.3 Å². The van der Waals surface area contributed by atoms with Crippen molar-refractivity contribution in [3.05, 3.63) is 53.0 Å². The molecule has 1 saturated heterocycles. The highest BCUT2D eigenvalue weighted by atomic mass is 32.2. The van der Waals surface area contributed by atoms with E-state index >= 15 is 0 Å². The monoisotopic (exact) mass is 422 g/mol. The minimum absolute atomic E-state index is 0.0851. The van der Waals surface area contributed by atoms with Crippen LogP contribution in [0.4, 0.5) is 0 Å². The molecule has 1 aliphatic rings. The number of furan rings is 1. The highest BCUT2D eigenvalue weighted by Gasteiger charge is 2.30. The number of carbonyl (C=O) groups is 1. The van der Waals surface area contributed by atoms with Gasteiger partial charge >= 0.3 is 0 Å². The summed E-state index contributed by atoms with van der Waals surface area (Å²) >= 11 is 0. The molecule has 0 saturated carbocycles. The van der Waals surface area contributed by atoms with Crippen molar-refractivity contribution in [3.8, 4) is 0 Å². The van der Waals surface area contributed by atoms with Gasteiger partial charge in [0.1, 0.15) is 17.1 Å². The second kappa shape index (κ2) is 8.27. The Hall–Kier alpha value is -2.20. The minimum atomic E-state index is -3.72. The summed E-state index contributed by atoms with van der Waals surface area (Å²) < 4.78 is 38.0. The van der Waals surface area contributed by atoms with Gasteiger partial charge in [-0.25, -0.2) is 8.42 Å². The van der Waals surface area contributed by atoms with Gasteiger partial charge in [-0.05, 0) is 50.6 Å². The van der Waals surface area contributed by atoms with E-state index in [0.29, 0.717) is 30.3 Å². The number of ether oxygens (including phenoxy) is 1. The van der Waals surface area contributed by atoms with Gasteiger partial charge in [-0.3, -0.25) is 4.79 Å². The van der Waals surface area contributed by atoms with E-state index in [1.165, 1.54) is 17.3 Å². The highest BCUT2D eigenvalue weighted by Crippen LogP contribution is 2.24. The molecule has 2 aromatic rings. The van der Waals surface area contributed by atoms with Crippen LogP contribution in [0.5, 0.6) is 0 Å². The number of morpholine rings is 1. The summed E-state index contributed by atoms with van der Waals surface area (Å²) in [7, 11) is -3.72. The molecule has 0 bridgehead atoms. The fourth-order valence-corrected chi connectivity index (χ4v) is 4.77. The predicted octanol–water partition coefficient (Wildman–Crippen LogP) is 1.55. The van der Waals surface area contributed by atoms with E-state index < -0.39 is 21.5 Å². The average Bonchev–Trinajstić information content (AvgIpc) is 3.14. The maximum atomic E-state index is 13.0. The lowest BCUT2D eigenvalue weighted by atomic mass is 10.0. The maximum Gasteiger partial charge on any atom is 0.251 e. The summed E-state index contributed by atoms with van der Waals surface area (Å²) in [5.74, 6) is 0.518. The third-order valence-corrected chi connectivity index (χ3v) is 6.94. The van der Waals surface area contributed by atoms with Crippen LogP contribution in [0.25, 0.3) is 0 Å². The Morgan fingerprint density at radius 3 is 2.52 bits per heavy atom. The predicted molar refractivity (Wildman–Crippen MR) is 106 cm³/mol. The SMILES string of the molecule is Cc1ccc(C(C)(O)CNC(=O)c2ccc(C)c(S(=O)(=O)N3CCOCC3)c2)o1. The molecule has 1 unspecified atom stereocenters. The molecular weight excluding hydrogens is 396 g/mol. The van der Waals surface area contributed by atoms with Crippen LogP contribution in [0.2, 0.25) is 0 Å². The number of aliphatic hydroxyl groups is 1. The Kier molecular flexibility index (Phi) is 6.13. The zero-order chi connectivity index (χ0) is 21.2. The number of benzene rings is 1. The maximum absolute atomic E-state index is 13.0. The van der Waals surface area contributed by atoms with Crippen molar-refractivity contribution in [2.75, 3.05) is 32.8 Å². The van der Waals surface area contributed by atoms with Gasteiger partial charge in [-0.15, -0.1) is 0 Å². The fourth-order valence-electron chi connectivity index (χ4n) is 3.11. The van der Waals surface area contributed by atoms with E-state index in [0.717, 1.165) is 0 Å². The standard InChI is InChI=1S/C20H26N2O6S/c1-14-4-6-16(12-17(14)29(25,26)22-8-10-27-11-9-22)19(23)21-13-20(3,24)18-7-5-15(2)28-18/h4-7,12,24H,8-11,13H2,1-3H3,(H,21,23). The molecule has 1 aromatic carbocycles. The van der Waals surface area contributed by atoms with Crippen molar-refractivity contribution in [2.24, 2.45) is 0 Å². The molecule has 3 rings (SSSR count). The quantitative estimate of drug-likeness (QED) is 0.731. The lowest BCUT2D eigenvalue weighted by Gasteiger charge is -2.27. The molecule has 1 atom stereocenters. The van der Waals surface area contributed by atoms with Gasteiger partial charge in [0.15, 0.2) is 0 Å². The zero-order valence-corrected chi connectivity index (χ0v) is 17.6. The van der Waals surface area contributed by atoms with E-state index in [1.807, 2.05) is 0 Å². The number of aryl methyl sites for hydroxylation is 2. The third kappa shape index (κ3) is 4.69. The van der Waals surface area contributed by atoms with Crippen LogP contribution in [0.15, 0.2) is 39.6 Å². The summed E-state index contributed by atoms with van der Waals surface area (Å²) in [6.07, 6.45) is 0. The van der Waals surface area contributed by atoms with Gasteiger partial charge in [-0.2, -0.15) is 4.31 Å². The molecular formula is C20H26N2O6S. The van der Waals surface area contributed by atoms with Crippen molar-refractivity contribution < 1.29 is 27.5 Å². The van der Waals surface area contributed by atoms with Crippen LogP contribution in [-0.2, 0) is 20.4 Å². The van der Waals surface area contributed by atoms with Gasteiger partial charge in [-0.1, -0.05) is 6.07 Å². The molecule has 1 aromatic heterocycles. The first-order chi connectivity index (χ1) is 13.6. The Bertz CT molecular complexity index is 990. The Morgan fingerprint density at radius 2 is 1.90 bits per heavy atom. The lowest BCUT2D eigenvalue weighted by Crippen LogP contribution is -2.41. The van der Waals surface area contributed by atoms with Gasteiger partial charge in [0.05, 0.1) is 24.7 Å². The first kappa shape index (κ1) is 21.5. The van der Waals surface area contributed by atoms with Crippen LogP contribution >= 0.6 is 0 Å². The molecule has 0 spiro atoms. The fraction of sp³-hybridized carbons (Fsp3) is 0.450. The van der Waals surface area contributed by atoms with Gasteiger partial charge in [0.25, 0.3) is 5.91 Å². The number of rotatable bonds is 6. The molecule has 8 nitrogen and oxygen atoms in total. The summed E-state index contributed by atoms with van der Waals surface area (Å²) in [5.41, 5.74) is -0.628. The molecule has 2 heterocycles. The Morgan fingerprint density at radius 1 is 1.21 bits per heavy atom. The second-order valence-electron chi connectivity index (χ2n) is 7.36. The Labute approximate surface area is 170 Å². The normalized spacial score (nSPS) is 17.7. The summed E-state index contributed by atoms with van der Waals surface area (Å²) in [5, 5.41) is 13.2. The zero-order valence-electron chi connectivity index (χ0n) is 16.8. The number of amides is 1. The Balaban J connectivity index is 1.77. The van der Waals surface area contributed by atoms with E-state index in [1.54, 1.807) is 38.1 Å². The molecule has 2 N–H and O–H groups in total. The van der Waals surface area contributed by atoms with Gasteiger partial charge in [0.2, 0.25) is 10.0 Å². The van der Waals surface area contributed by atoms with Crippen LogP contribution in [0.1, 0.15) is 34.4 Å². The molecule has 0 aliphatic carbocycles. The highest BCUT2D eigenvalue weighted by molar-refractivity contribution is 7.89. The van der Waals surface area contributed by atoms with Crippen molar-refractivity contribution in [1.82, 2.24) is 9.62 Å². The first-order valence-electron chi connectivity index (χ1n) is 9.37. The summed E-state index contributed by atoms with van der Waals surface area (Å²) in [4.78, 5) is 12.7. The number of sulfonamides is 1. The molecule has 1 fully saturated rings. The molecule has 29 heavy (non-hydrogen) atoms. The van der Waals surface area contributed by atoms with Crippen molar-refractivity contribution in [3.63, 3.8) is 0 Å². The van der Waals surface area contributed by atoms with E-state index in [2.05, 4.69) is 5.32 Å². The molecule has 1 aliphatic heterocycles. The van der Waals surface area contributed by atoms with Gasteiger partial charge in [0, 0.05) is 18.7 Å². The van der Waals surface area contributed by atoms with Crippen molar-refractivity contribution in [2.45, 2.75) is 31.3 Å². The van der Waals surface area contributed by atoms with Crippen LogP contribution in [0.3, 0.4) is 0 Å². The minimum Gasteiger partial charge on any atom is -0.463 e. The van der Waals surface area contributed by atoms with Gasteiger partial charge < -0.3 is 19.6 Å². The van der Waals surface area contributed by atoms with Crippen molar-refractivity contribution in [1.29, 1.82) is 0 Å².